The molecule has 35 heavy (non-hydrogen) atoms. The Bertz CT molecular complexity index is 1390. The number of rotatable bonds is 8. The Balaban J connectivity index is 1.72. The SMILES string of the molecule is CCCCc1oc2cc(OC(=O)Cc3ccccc3)c(O)cc2c1C(=O)c1cc(N)c(O)c(N)c1. The highest BCUT2D eigenvalue weighted by Gasteiger charge is 2.25. The molecular weight excluding hydrogens is 448 g/mol. The summed E-state index contributed by atoms with van der Waals surface area (Å²) >= 11 is 0. The fourth-order valence-electron chi connectivity index (χ4n) is 3.88. The molecule has 1 heterocycles. The van der Waals surface area contributed by atoms with Crippen molar-refractivity contribution < 1.29 is 29.0 Å². The van der Waals surface area contributed by atoms with Gasteiger partial charge in [0.05, 0.1) is 23.4 Å². The van der Waals surface area contributed by atoms with E-state index in [2.05, 4.69) is 0 Å². The molecule has 0 bridgehead atoms. The van der Waals surface area contributed by atoms with E-state index in [1.165, 1.54) is 24.3 Å². The highest BCUT2D eigenvalue weighted by atomic mass is 16.5. The number of phenols is 2. The summed E-state index contributed by atoms with van der Waals surface area (Å²) in [5.41, 5.74) is 13.1. The van der Waals surface area contributed by atoms with Crippen molar-refractivity contribution in [2.75, 3.05) is 11.5 Å². The lowest BCUT2D eigenvalue weighted by atomic mass is 9.97. The molecule has 0 amide bonds. The molecule has 0 saturated carbocycles. The zero-order valence-corrected chi connectivity index (χ0v) is 19.2. The Morgan fingerprint density at radius 3 is 2.34 bits per heavy atom. The molecule has 1 aromatic heterocycles. The maximum atomic E-state index is 13.5. The molecule has 4 aromatic rings. The molecule has 0 saturated heterocycles. The van der Waals surface area contributed by atoms with Gasteiger partial charge in [0.25, 0.3) is 0 Å². The monoisotopic (exact) mass is 474 g/mol. The summed E-state index contributed by atoms with van der Waals surface area (Å²) < 4.78 is 11.4. The van der Waals surface area contributed by atoms with Crippen molar-refractivity contribution in [2.24, 2.45) is 0 Å². The highest BCUT2D eigenvalue weighted by molar-refractivity contribution is 6.18. The number of aromatic hydroxyl groups is 2. The molecule has 0 aliphatic carbocycles. The van der Waals surface area contributed by atoms with E-state index in [0.717, 1.165) is 18.4 Å². The van der Waals surface area contributed by atoms with Crippen molar-refractivity contribution in [1.82, 2.24) is 0 Å². The molecule has 0 aliphatic heterocycles. The maximum Gasteiger partial charge on any atom is 0.315 e. The molecule has 0 fully saturated rings. The largest absolute Gasteiger partial charge is 0.504 e. The molecular formula is C27H26N2O6. The van der Waals surface area contributed by atoms with Gasteiger partial charge in [-0.25, -0.2) is 0 Å². The van der Waals surface area contributed by atoms with Crippen LogP contribution in [0.15, 0.2) is 59.0 Å². The first-order valence-electron chi connectivity index (χ1n) is 11.2. The summed E-state index contributed by atoms with van der Waals surface area (Å²) in [7, 11) is 0. The number of benzene rings is 3. The number of nitrogens with two attached hydrogens (primary N) is 2. The summed E-state index contributed by atoms with van der Waals surface area (Å²) in [4.78, 5) is 25.9. The van der Waals surface area contributed by atoms with Gasteiger partial charge in [0.1, 0.15) is 11.3 Å². The van der Waals surface area contributed by atoms with Crippen LogP contribution in [0.3, 0.4) is 0 Å². The normalized spacial score (nSPS) is 11.0. The van der Waals surface area contributed by atoms with Crippen molar-refractivity contribution in [3.8, 4) is 17.2 Å². The molecule has 0 aliphatic rings. The number of ether oxygens (including phenoxy) is 1. The quantitative estimate of drug-likeness (QED) is 0.0941. The summed E-state index contributed by atoms with van der Waals surface area (Å²) in [6.45, 7) is 2.02. The number of esters is 1. The number of ketones is 1. The van der Waals surface area contributed by atoms with Crippen LogP contribution in [0.4, 0.5) is 11.4 Å². The lowest BCUT2D eigenvalue weighted by Crippen LogP contribution is -2.11. The molecule has 8 heteroatoms. The van der Waals surface area contributed by atoms with Gasteiger partial charge in [0.15, 0.2) is 23.0 Å². The number of furan rings is 1. The van der Waals surface area contributed by atoms with Gasteiger partial charge in [-0.3, -0.25) is 9.59 Å². The topological polar surface area (TPSA) is 149 Å². The summed E-state index contributed by atoms with van der Waals surface area (Å²) in [5.74, 6) is -1.18. The first-order chi connectivity index (χ1) is 16.8. The van der Waals surface area contributed by atoms with Gasteiger partial charge in [0, 0.05) is 23.4 Å². The number of carbonyl (C=O) groups is 2. The van der Waals surface area contributed by atoms with E-state index < -0.39 is 11.8 Å². The number of fused-ring (bicyclic) bond motifs is 1. The lowest BCUT2D eigenvalue weighted by Gasteiger charge is -2.08. The zero-order valence-electron chi connectivity index (χ0n) is 19.2. The van der Waals surface area contributed by atoms with Crippen LogP contribution < -0.4 is 16.2 Å². The molecule has 4 rings (SSSR count). The van der Waals surface area contributed by atoms with Crippen molar-refractivity contribution in [3.63, 3.8) is 0 Å². The fourth-order valence-corrected chi connectivity index (χ4v) is 3.88. The predicted molar refractivity (Wildman–Crippen MR) is 133 cm³/mol. The Hall–Kier alpha value is -4.46. The average Bonchev–Trinajstić information content (AvgIpc) is 3.18. The molecule has 0 radical (unpaired) electrons. The molecule has 6 N–H and O–H groups in total. The molecule has 3 aromatic carbocycles. The van der Waals surface area contributed by atoms with E-state index >= 15 is 0 Å². The van der Waals surface area contributed by atoms with E-state index in [-0.39, 0.29) is 46.2 Å². The smallest absolute Gasteiger partial charge is 0.315 e. The van der Waals surface area contributed by atoms with Crippen LogP contribution in [0.5, 0.6) is 17.2 Å². The fraction of sp³-hybridized carbons (Fsp3) is 0.185. The average molecular weight is 475 g/mol. The van der Waals surface area contributed by atoms with Gasteiger partial charge in [-0.1, -0.05) is 43.7 Å². The summed E-state index contributed by atoms with van der Waals surface area (Å²) in [6.07, 6.45) is 2.16. The van der Waals surface area contributed by atoms with Gasteiger partial charge in [0.2, 0.25) is 0 Å². The maximum absolute atomic E-state index is 13.5. The van der Waals surface area contributed by atoms with Gasteiger partial charge >= 0.3 is 5.97 Å². The van der Waals surface area contributed by atoms with E-state index in [0.29, 0.717) is 23.2 Å². The Kier molecular flexibility index (Phi) is 6.64. The molecule has 0 atom stereocenters. The minimum atomic E-state index is -0.546. The summed E-state index contributed by atoms with van der Waals surface area (Å²) in [5, 5.41) is 20.8. The predicted octanol–water partition coefficient (Wildman–Crippen LogP) is 4.73. The number of nitrogen functional groups attached to an aromatic ring is 2. The minimum Gasteiger partial charge on any atom is -0.504 e. The first-order valence-corrected chi connectivity index (χ1v) is 11.2. The number of phenolic OH excluding ortho intramolecular Hbond substituents is 2. The van der Waals surface area contributed by atoms with Crippen LogP contribution >= 0.6 is 0 Å². The standard InChI is InChI=1S/C27H26N2O6/c1-2-3-9-21-25(26(32)16-11-18(28)27(33)19(29)12-16)17-13-20(30)23(14-22(17)34-21)35-24(31)10-15-7-5-4-6-8-15/h4-8,11-14,30,33H,2-3,9-10,28-29H2,1H3. The third-order valence-corrected chi connectivity index (χ3v) is 5.67. The van der Waals surface area contributed by atoms with Crippen LogP contribution in [-0.4, -0.2) is 22.0 Å². The number of anilines is 2. The van der Waals surface area contributed by atoms with Crippen LogP contribution in [-0.2, 0) is 17.6 Å². The second-order valence-corrected chi connectivity index (χ2v) is 8.29. The number of hydrogen-bond acceptors (Lipinski definition) is 8. The number of carbonyl (C=O) groups excluding carboxylic acids is 2. The first kappa shape index (κ1) is 23.7. The van der Waals surface area contributed by atoms with Crippen LogP contribution in [0.1, 0.15) is 47.0 Å². The van der Waals surface area contributed by atoms with Crippen LogP contribution in [0, 0.1) is 0 Å². The van der Waals surface area contributed by atoms with E-state index in [9.17, 15) is 19.8 Å². The van der Waals surface area contributed by atoms with Crippen LogP contribution in [0.2, 0.25) is 0 Å². The summed E-state index contributed by atoms with van der Waals surface area (Å²) in [6, 6.07) is 14.5. The third kappa shape index (κ3) is 4.91. The van der Waals surface area contributed by atoms with Gasteiger partial charge in [-0.2, -0.15) is 0 Å². The van der Waals surface area contributed by atoms with Crippen molar-refractivity contribution in [2.45, 2.75) is 32.6 Å². The second kappa shape index (κ2) is 9.80. The van der Waals surface area contributed by atoms with Gasteiger partial charge < -0.3 is 30.8 Å². The number of hydrogen-bond donors (Lipinski definition) is 4. The Labute approximate surface area is 201 Å². The van der Waals surface area contributed by atoms with E-state index in [4.69, 9.17) is 20.6 Å². The van der Waals surface area contributed by atoms with Gasteiger partial charge in [-0.15, -0.1) is 0 Å². The molecule has 0 spiro atoms. The third-order valence-electron chi connectivity index (χ3n) is 5.67. The van der Waals surface area contributed by atoms with Gasteiger partial charge in [-0.05, 0) is 30.2 Å². The number of aryl methyl sites for hydroxylation is 1. The molecule has 0 unspecified atom stereocenters. The number of unbranched alkanes of at least 4 members (excludes halogenated alkanes) is 1. The van der Waals surface area contributed by atoms with E-state index in [1.807, 2.05) is 25.1 Å². The molecule has 8 nitrogen and oxygen atoms in total. The highest BCUT2D eigenvalue weighted by Crippen LogP contribution is 2.38. The van der Waals surface area contributed by atoms with Crippen LogP contribution in [0.25, 0.3) is 11.0 Å². The second-order valence-electron chi connectivity index (χ2n) is 8.29. The lowest BCUT2D eigenvalue weighted by molar-refractivity contribution is -0.133. The Morgan fingerprint density at radius 2 is 1.69 bits per heavy atom. The van der Waals surface area contributed by atoms with Crippen molar-refractivity contribution in [3.05, 3.63) is 77.0 Å². The zero-order chi connectivity index (χ0) is 25.1. The van der Waals surface area contributed by atoms with E-state index in [1.54, 1.807) is 12.1 Å². The van der Waals surface area contributed by atoms with Crippen molar-refractivity contribution >= 4 is 34.1 Å². The molecule has 180 valence electrons. The minimum absolute atomic E-state index is 0.0216. The van der Waals surface area contributed by atoms with Crippen molar-refractivity contribution in [1.29, 1.82) is 0 Å². The Morgan fingerprint density at radius 1 is 1.00 bits per heavy atom.